The van der Waals surface area contributed by atoms with Gasteiger partial charge >= 0.3 is 0 Å². The quantitative estimate of drug-likeness (QED) is 0.433. The molecule has 0 bridgehead atoms. The first kappa shape index (κ1) is 28.3. The Morgan fingerprint density at radius 3 is 1.63 bits per heavy atom. The first-order valence-corrected chi connectivity index (χ1v) is 18.8. The largest absolute Gasteiger partial charge is 0.416 e. The number of hydrogen-bond acceptors (Lipinski definition) is 6. The summed E-state index contributed by atoms with van der Waals surface area (Å²) in [6, 6.07) is 0. The molecule has 0 aromatic heterocycles. The maximum Gasteiger partial charge on any atom is 0.257 e. The SMILES string of the molecule is CC(C)(C)[Si](C)(C)OCCN1CCN(CCCS(=O)(=O)O[Si](C)(C)C(C)(C)C)CC1. The molecule has 0 unspecified atom stereocenters. The molecule has 0 N–H and O–H groups in total. The Bertz CT molecular complexity index is 632. The molecular weight excluding hydrogens is 432 g/mol. The lowest BCUT2D eigenvalue weighted by Gasteiger charge is -2.38. The summed E-state index contributed by atoms with van der Waals surface area (Å²) in [5.41, 5.74) is 0. The Labute approximate surface area is 189 Å². The molecule has 1 aliphatic heterocycles. The summed E-state index contributed by atoms with van der Waals surface area (Å²) in [6.07, 6.45) is 0.630. The lowest BCUT2D eigenvalue weighted by Crippen LogP contribution is -2.49. The molecule has 1 aliphatic rings. The molecule has 9 heteroatoms. The van der Waals surface area contributed by atoms with Crippen LogP contribution in [-0.4, -0.2) is 86.5 Å². The highest BCUT2D eigenvalue weighted by molar-refractivity contribution is 7.87. The van der Waals surface area contributed by atoms with Gasteiger partial charge in [0.2, 0.25) is 8.32 Å². The van der Waals surface area contributed by atoms with Gasteiger partial charge in [-0.2, -0.15) is 0 Å². The molecule has 0 aromatic rings. The van der Waals surface area contributed by atoms with Crippen molar-refractivity contribution in [1.29, 1.82) is 0 Å². The molecule has 1 heterocycles. The third-order valence-corrected chi connectivity index (χ3v) is 18.8. The molecule has 0 aliphatic carbocycles. The summed E-state index contributed by atoms with van der Waals surface area (Å²) in [4.78, 5) is 4.83. The van der Waals surface area contributed by atoms with Crippen LogP contribution in [0.1, 0.15) is 48.0 Å². The van der Waals surface area contributed by atoms with Crippen LogP contribution in [0, 0.1) is 0 Å². The summed E-state index contributed by atoms with van der Waals surface area (Å²) in [7, 11) is -7.43. The summed E-state index contributed by atoms with van der Waals surface area (Å²) in [5.74, 6) is 0.111. The minimum Gasteiger partial charge on any atom is -0.416 e. The predicted octanol–water partition coefficient (Wildman–Crippen LogP) is 4.37. The maximum atomic E-state index is 12.4. The van der Waals surface area contributed by atoms with Crippen molar-refractivity contribution in [3.63, 3.8) is 0 Å². The second kappa shape index (κ2) is 10.4. The fourth-order valence-corrected chi connectivity index (χ4v) is 8.22. The van der Waals surface area contributed by atoms with Crippen molar-refractivity contribution in [3.8, 4) is 0 Å². The van der Waals surface area contributed by atoms with Gasteiger partial charge in [-0.05, 0) is 49.2 Å². The lowest BCUT2D eigenvalue weighted by atomic mass is 10.2. The molecule has 0 spiro atoms. The van der Waals surface area contributed by atoms with Gasteiger partial charge in [-0.25, -0.2) is 8.42 Å². The van der Waals surface area contributed by atoms with Crippen LogP contribution in [0.25, 0.3) is 0 Å². The Balaban J connectivity index is 2.31. The molecule has 0 amide bonds. The summed E-state index contributed by atoms with van der Waals surface area (Å²) in [5, 5.41) is 0.144. The highest BCUT2D eigenvalue weighted by atomic mass is 32.2. The van der Waals surface area contributed by atoms with E-state index in [1.807, 2.05) is 13.1 Å². The van der Waals surface area contributed by atoms with E-state index in [4.69, 9.17) is 8.30 Å². The van der Waals surface area contributed by atoms with Crippen molar-refractivity contribution in [2.45, 2.75) is 84.2 Å². The zero-order valence-electron chi connectivity index (χ0n) is 21.3. The van der Waals surface area contributed by atoms with Gasteiger partial charge in [-0.15, -0.1) is 0 Å². The Hall–Kier alpha value is 0.224. The lowest BCUT2D eigenvalue weighted by molar-refractivity contribution is 0.114. The second-order valence-corrected chi connectivity index (χ2v) is 23.3. The van der Waals surface area contributed by atoms with Crippen molar-refractivity contribution >= 4 is 26.8 Å². The zero-order chi connectivity index (χ0) is 23.4. The maximum absolute atomic E-state index is 12.4. The molecular formula is C21H48N2O4SSi2. The third-order valence-electron chi connectivity index (χ3n) is 7.15. The monoisotopic (exact) mass is 480 g/mol. The molecule has 0 radical (unpaired) electrons. The van der Waals surface area contributed by atoms with E-state index in [2.05, 4.69) is 64.4 Å². The average Bonchev–Trinajstić information content (AvgIpc) is 2.53. The van der Waals surface area contributed by atoms with Gasteiger partial charge in [-0.1, -0.05) is 41.5 Å². The van der Waals surface area contributed by atoms with Crippen molar-refractivity contribution in [2.24, 2.45) is 0 Å². The first-order chi connectivity index (χ1) is 13.4. The van der Waals surface area contributed by atoms with Crippen molar-refractivity contribution < 1.29 is 16.7 Å². The number of hydrogen-bond donors (Lipinski definition) is 0. The average molecular weight is 481 g/mol. The van der Waals surface area contributed by atoms with Crippen molar-refractivity contribution in [2.75, 3.05) is 51.6 Å². The van der Waals surface area contributed by atoms with Crippen LogP contribution in [0.4, 0.5) is 0 Å². The van der Waals surface area contributed by atoms with Crippen LogP contribution in [0.5, 0.6) is 0 Å². The van der Waals surface area contributed by atoms with Crippen molar-refractivity contribution in [1.82, 2.24) is 9.80 Å². The number of nitrogens with zero attached hydrogens (tertiary/aromatic N) is 2. The Kier molecular flexibility index (Phi) is 9.83. The van der Waals surface area contributed by atoms with Gasteiger partial charge in [0.1, 0.15) is 0 Å². The molecule has 1 rings (SSSR count). The predicted molar refractivity (Wildman–Crippen MR) is 133 cm³/mol. The van der Waals surface area contributed by atoms with Gasteiger partial charge < -0.3 is 13.2 Å². The minimum absolute atomic E-state index is 0.106. The molecule has 0 atom stereocenters. The van der Waals surface area contributed by atoms with Gasteiger partial charge in [-0.3, -0.25) is 4.90 Å². The van der Waals surface area contributed by atoms with Crippen molar-refractivity contribution in [3.05, 3.63) is 0 Å². The van der Waals surface area contributed by atoms with Crippen LogP contribution >= 0.6 is 0 Å². The first-order valence-electron chi connectivity index (χ1n) is 11.4. The van der Waals surface area contributed by atoms with Crippen LogP contribution in [0.15, 0.2) is 0 Å². The van der Waals surface area contributed by atoms with E-state index < -0.39 is 26.8 Å². The fraction of sp³-hybridized carbons (Fsp3) is 1.00. The van der Waals surface area contributed by atoms with E-state index in [-0.39, 0.29) is 15.8 Å². The van der Waals surface area contributed by atoms with E-state index >= 15 is 0 Å². The van der Waals surface area contributed by atoms with Crippen LogP contribution in [0.2, 0.25) is 36.3 Å². The smallest absolute Gasteiger partial charge is 0.257 e. The van der Waals surface area contributed by atoms with Crippen LogP contribution < -0.4 is 0 Å². The molecule has 6 nitrogen and oxygen atoms in total. The highest BCUT2D eigenvalue weighted by Gasteiger charge is 2.41. The van der Waals surface area contributed by atoms with Crippen LogP contribution in [-0.2, 0) is 18.4 Å². The topological polar surface area (TPSA) is 59.1 Å². The molecule has 0 aromatic carbocycles. The van der Waals surface area contributed by atoms with E-state index in [1.54, 1.807) is 0 Å². The van der Waals surface area contributed by atoms with Gasteiger partial charge in [0.25, 0.3) is 10.1 Å². The van der Waals surface area contributed by atoms with Crippen LogP contribution in [0.3, 0.4) is 0 Å². The molecule has 1 fully saturated rings. The molecule has 0 saturated carbocycles. The third kappa shape index (κ3) is 8.99. The number of piperazine rings is 1. The number of rotatable bonds is 10. The fourth-order valence-electron chi connectivity index (χ4n) is 2.83. The highest BCUT2D eigenvalue weighted by Crippen LogP contribution is 2.38. The molecule has 1 saturated heterocycles. The van der Waals surface area contributed by atoms with E-state index in [1.165, 1.54) is 0 Å². The molecule has 30 heavy (non-hydrogen) atoms. The summed E-state index contributed by atoms with van der Waals surface area (Å²) >= 11 is 0. The van der Waals surface area contributed by atoms with E-state index in [0.29, 0.717) is 6.42 Å². The summed E-state index contributed by atoms with van der Waals surface area (Å²) in [6.45, 7) is 28.2. The second-order valence-electron chi connectivity index (χ2n) is 11.8. The minimum atomic E-state index is -3.46. The van der Waals surface area contributed by atoms with Gasteiger partial charge in [0, 0.05) is 39.3 Å². The normalized spacial score (nSPS) is 18.7. The zero-order valence-corrected chi connectivity index (χ0v) is 24.1. The van der Waals surface area contributed by atoms with E-state index in [0.717, 1.165) is 45.9 Å². The summed E-state index contributed by atoms with van der Waals surface area (Å²) < 4.78 is 36.8. The standard InChI is InChI=1S/C21H48N2O4SSi2/c1-20(2,3)29(7,8)26-18-17-23-15-13-22(14-16-23)12-11-19-28(24,25)27-30(9,10)21(4,5)6/h11-19H2,1-10H3. The van der Waals surface area contributed by atoms with Gasteiger partial charge in [0.05, 0.1) is 5.75 Å². The van der Waals surface area contributed by atoms with E-state index in [9.17, 15) is 8.42 Å². The Morgan fingerprint density at radius 2 is 1.20 bits per heavy atom. The van der Waals surface area contributed by atoms with Gasteiger partial charge in [0.15, 0.2) is 8.32 Å². The molecule has 180 valence electrons. The Morgan fingerprint density at radius 1 is 0.767 bits per heavy atom.